The molecule has 0 N–H and O–H groups in total. The monoisotopic (exact) mass is 178 g/mol. The summed E-state index contributed by atoms with van der Waals surface area (Å²) >= 11 is 0. The van der Waals surface area contributed by atoms with Crippen molar-refractivity contribution < 1.29 is 18.7 Å². The highest BCUT2D eigenvalue weighted by atomic mass is 28.2. The molecule has 0 amide bonds. The summed E-state index contributed by atoms with van der Waals surface area (Å²) in [5.41, 5.74) is 0. The first-order chi connectivity index (χ1) is 5.31. The zero-order valence-corrected chi connectivity index (χ0v) is 8.96. The molecule has 0 saturated heterocycles. The maximum atomic E-state index is 10.5. The smallest absolute Gasteiger partial charge is 0.307 e. The predicted octanol–water partition coefficient (Wildman–Crippen LogP) is -0.789. The lowest BCUT2D eigenvalue weighted by Gasteiger charge is -2.03. The summed E-state index contributed by atoms with van der Waals surface area (Å²) in [7, 11) is 0.717. The fraction of sp³-hybridized carbons (Fsp3) is 0.833. The van der Waals surface area contributed by atoms with Gasteiger partial charge in [0.1, 0.15) is 10.5 Å². The van der Waals surface area contributed by atoms with E-state index in [1.165, 1.54) is 0 Å². The van der Waals surface area contributed by atoms with Gasteiger partial charge in [-0.2, -0.15) is 0 Å². The van der Waals surface area contributed by atoms with E-state index in [0.29, 0.717) is 30.1 Å². The minimum Gasteiger partial charge on any atom is -0.438 e. The largest absolute Gasteiger partial charge is 0.438 e. The second kappa shape index (κ2) is 7.71. The lowest BCUT2D eigenvalue weighted by Crippen LogP contribution is -2.10. The van der Waals surface area contributed by atoms with E-state index in [2.05, 4.69) is 4.74 Å². The highest BCUT2D eigenvalue weighted by Gasteiger charge is 1.95. The molecule has 0 unspecified atom stereocenters. The number of rotatable bonds is 6. The summed E-state index contributed by atoms with van der Waals surface area (Å²) < 4.78 is 14.4. The number of ether oxygens (including phenoxy) is 2. The van der Waals surface area contributed by atoms with Gasteiger partial charge in [0.25, 0.3) is 0 Å². The Bertz CT molecular complexity index is 107. The van der Waals surface area contributed by atoms with E-state index in [0.717, 1.165) is 0 Å². The molecule has 0 aromatic heterocycles. The van der Waals surface area contributed by atoms with E-state index in [1.54, 1.807) is 6.92 Å². The van der Waals surface area contributed by atoms with Crippen LogP contribution in [0, 0.1) is 0 Å². The van der Waals surface area contributed by atoms with E-state index >= 15 is 0 Å². The third-order valence-corrected chi connectivity index (χ3v) is 1.43. The fourth-order valence-electron chi connectivity index (χ4n) is 0.411. The van der Waals surface area contributed by atoms with Crippen LogP contribution in [0.5, 0.6) is 0 Å². The minimum absolute atomic E-state index is 0.0393. The number of esters is 1. The second-order valence-electron chi connectivity index (χ2n) is 1.89. The van der Waals surface area contributed by atoms with E-state index in [-0.39, 0.29) is 12.8 Å². The molecular formula is C6H14O4Si. The average Bonchev–Trinajstić information content (AvgIpc) is 2.04. The van der Waals surface area contributed by atoms with Gasteiger partial charge in [-0.05, 0) is 0 Å². The first kappa shape index (κ1) is 10.6. The average molecular weight is 178 g/mol. The summed E-state index contributed by atoms with van der Waals surface area (Å²) in [5.74, 6) is -0.239. The van der Waals surface area contributed by atoms with Gasteiger partial charge in [0.05, 0.1) is 13.2 Å². The van der Waals surface area contributed by atoms with Crippen molar-refractivity contribution in [2.24, 2.45) is 0 Å². The summed E-state index contributed by atoms with van der Waals surface area (Å²) in [5, 5.41) is 0. The third-order valence-electron chi connectivity index (χ3n) is 1.02. The molecule has 0 bridgehead atoms. The summed E-state index contributed by atoms with van der Waals surface area (Å²) in [6, 6.07) is 0. The zero-order chi connectivity index (χ0) is 8.53. The van der Waals surface area contributed by atoms with Crippen molar-refractivity contribution in [1.29, 1.82) is 0 Å². The fourth-order valence-corrected chi connectivity index (χ4v) is 0.577. The maximum Gasteiger partial charge on any atom is 0.307 e. The Morgan fingerprint density at radius 2 is 2.18 bits per heavy atom. The Labute approximate surface area is 69.4 Å². The summed E-state index contributed by atoms with van der Waals surface area (Å²) in [6.07, 6.45) is 0.389. The van der Waals surface area contributed by atoms with Crippen LogP contribution in [-0.2, 0) is 18.7 Å². The van der Waals surface area contributed by atoms with Crippen LogP contribution in [0.2, 0.25) is 0 Å². The van der Waals surface area contributed by atoms with Crippen molar-refractivity contribution in [2.75, 3.05) is 20.0 Å². The van der Waals surface area contributed by atoms with Crippen LogP contribution in [0.25, 0.3) is 0 Å². The van der Waals surface area contributed by atoms with Crippen LogP contribution in [0.1, 0.15) is 13.3 Å². The lowest BCUT2D eigenvalue weighted by molar-refractivity contribution is -0.156. The van der Waals surface area contributed by atoms with Crippen LogP contribution in [-0.4, -0.2) is 36.5 Å². The van der Waals surface area contributed by atoms with Crippen molar-refractivity contribution in [1.82, 2.24) is 0 Å². The van der Waals surface area contributed by atoms with Crippen molar-refractivity contribution in [3.05, 3.63) is 0 Å². The predicted molar refractivity (Wildman–Crippen MR) is 43.1 cm³/mol. The van der Waals surface area contributed by atoms with E-state index < -0.39 is 0 Å². The van der Waals surface area contributed by atoms with Crippen molar-refractivity contribution in [3.8, 4) is 0 Å². The minimum atomic E-state index is -0.239. The number of hydrogen-bond donors (Lipinski definition) is 0. The first-order valence-electron chi connectivity index (χ1n) is 3.53. The van der Waals surface area contributed by atoms with Crippen molar-refractivity contribution in [3.63, 3.8) is 0 Å². The summed E-state index contributed by atoms with van der Waals surface area (Å²) in [6.45, 7) is 2.84. The van der Waals surface area contributed by atoms with Gasteiger partial charge in [0.2, 0.25) is 0 Å². The maximum absolute atomic E-state index is 10.5. The standard InChI is InChI=1S/C6H14O4Si/c1-2-6(7)9-5-8-3-4-10-11/h2-5H2,1,11H3. The Morgan fingerprint density at radius 3 is 2.73 bits per heavy atom. The zero-order valence-electron chi connectivity index (χ0n) is 6.96. The Balaban J connectivity index is 2.95. The molecule has 11 heavy (non-hydrogen) atoms. The molecule has 0 aromatic rings. The van der Waals surface area contributed by atoms with Crippen LogP contribution in [0.15, 0.2) is 0 Å². The second-order valence-corrected chi connectivity index (χ2v) is 2.47. The highest BCUT2D eigenvalue weighted by molar-refractivity contribution is 5.97. The first-order valence-corrected chi connectivity index (χ1v) is 4.35. The van der Waals surface area contributed by atoms with Crippen LogP contribution < -0.4 is 0 Å². The Kier molecular flexibility index (Phi) is 7.44. The molecule has 0 saturated carbocycles. The molecule has 0 aliphatic carbocycles. The van der Waals surface area contributed by atoms with Crippen LogP contribution in [0.4, 0.5) is 0 Å². The molecule has 0 spiro atoms. The van der Waals surface area contributed by atoms with E-state index in [1.807, 2.05) is 0 Å². The SMILES string of the molecule is CCC(=O)OCOCCO[SiH3]. The van der Waals surface area contributed by atoms with E-state index in [4.69, 9.17) is 9.16 Å². The topological polar surface area (TPSA) is 44.8 Å². The van der Waals surface area contributed by atoms with Gasteiger partial charge < -0.3 is 13.9 Å². The van der Waals surface area contributed by atoms with Gasteiger partial charge in [-0.25, -0.2) is 0 Å². The number of carbonyl (C=O) groups excluding carboxylic acids is 1. The lowest BCUT2D eigenvalue weighted by atomic mass is 10.5. The van der Waals surface area contributed by atoms with Gasteiger partial charge in [-0.1, -0.05) is 6.92 Å². The molecule has 0 aliphatic rings. The molecular weight excluding hydrogens is 164 g/mol. The molecule has 0 heterocycles. The van der Waals surface area contributed by atoms with Gasteiger partial charge >= 0.3 is 5.97 Å². The van der Waals surface area contributed by atoms with Crippen LogP contribution >= 0.6 is 0 Å². The normalized spacial score (nSPS) is 9.91. The van der Waals surface area contributed by atoms with Gasteiger partial charge in [0.15, 0.2) is 6.79 Å². The number of carbonyl (C=O) groups is 1. The Morgan fingerprint density at radius 1 is 1.45 bits per heavy atom. The van der Waals surface area contributed by atoms with E-state index in [9.17, 15) is 4.79 Å². The van der Waals surface area contributed by atoms with Gasteiger partial charge in [0, 0.05) is 6.42 Å². The van der Waals surface area contributed by atoms with Crippen molar-refractivity contribution >= 4 is 16.5 Å². The van der Waals surface area contributed by atoms with Crippen molar-refractivity contribution in [2.45, 2.75) is 13.3 Å². The molecule has 0 aliphatic heterocycles. The highest BCUT2D eigenvalue weighted by Crippen LogP contribution is 1.84. The quantitative estimate of drug-likeness (QED) is 0.231. The molecule has 4 nitrogen and oxygen atoms in total. The molecule has 0 aromatic carbocycles. The Hall–Kier alpha value is -0.393. The molecule has 0 radical (unpaired) electrons. The molecule has 66 valence electrons. The van der Waals surface area contributed by atoms with Gasteiger partial charge in [-0.15, -0.1) is 0 Å². The molecule has 5 heteroatoms. The summed E-state index contributed by atoms with van der Waals surface area (Å²) in [4.78, 5) is 10.5. The van der Waals surface area contributed by atoms with Gasteiger partial charge in [-0.3, -0.25) is 4.79 Å². The molecule has 0 rings (SSSR count). The van der Waals surface area contributed by atoms with Crippen LogP contribution in [0.3, 0.4) is 0 Å². The third kappa shape index (κ3) is 7.50. The number of hydrogen-bond acceptors (Lipinski definition) is 4. The molecule has 0 fully saturated rings. The molecule has 0 atom stereocenters.